The molecule has 242 valence electrons. The highest BCUT2D eigenvalue weighted by Gasteiger charge is 2.20. The summed E-state index contributed by atoms with van der Waals surface area (Å²) in [7, 11) is 0. The maximum absolute atomic E-state index is 13.6. The number of carbonyl (C=O) groups is 3. The molecule has 0 spiro atoms. The van der Waals surface area contributed by atoms with Gasteiger partial charge in [-0.05, 0) is 91.4 Å². The average molecular weight is 697 g/mol. The molecule has 5 aromatic carbocycles. The van der Waals surface area contributed by atoms with Gasteiger partial charge in [0.25, 0.3) is 11.8 Å². The Morgan fingerprint density at radius 3 is 2.02 bits per heavy atom. The first-order valence-electron chi connectivity index (χ1n) is 15.0. The van der Waals surface area contributed by atoms with E-state index >= 15 is 0 Å². The maximum atomic E-state index is 13.6. The van der Waals surface area contributed by atoms with Crippen LogP contribution in [0, 0.1) is 0 Å². The van der Waals surface area contributed by atoms with Crippen LogP contribution in [-0.2, 0) is 9.59 Å². The molecule has 0 aliphatic rings. The summed E-state index contributed by atoms with van der Waals surface area (Å²) in [5.74, 6) is 0.178. The number of carbonyl (C=O) groups excluding carboxylic acids is 3. The molecule has 48 heavy (non-hydrogen) atoms. The number of rotatable bonds is 12. The summed E-state index contributed by atoms with van der Waals surface area (Å²) in [6.45, 7) is 1.94. The van der Waals surface area contributed by atoms with Gasteiger partial charge < -0.3 is 20.7 Å². The van der Waals surface area contributed by atoms with Gasteiger partial charge in [-0.15, -0.1) is 11.8 Å². The molecule has 1 atom stereocenters. The van der Waals surface area contributed by atoms with Crippen molar-refractivity contribution in [2.45, 2.75) is 23.5 Å². The zero-order valence-electron chi connectivity index (χ0n) is 25.8. The lowest BCUT2D eigenvalue weighted by Gasteiger charge is -2.16. The number of ether oxygens (including phenoxy) is 1. The van der Waals surface area contributed by atoms with Crippen molar-refractivity contribution in [1.82, 2.24) is 5.32 Å². The average Bonchev–Trinajstić information content (AvgIpc) is 3.10. The van der Waals surface area contributed by atoms with E-state index in [1.54, 1.807) is 91.0 Å². The number of benzene rings is 5. The fraction of sp³-hybridized carbons (Fsp3) is 0.0789. The van der Waals surface area contributed by atoms with Crippen molar-refractivity contribution in [3.63, 3.8) is 0 Å². The van der Waals surface area contributed by atoms with Gasteiger partial charge in [0.15, 0.2) is 0 Å². The first kappa shape index (κ1) is 34.3. The summed E-state index contributed by atoms with van der Waals surface area (Å²) >= 11 is 14.1. The molecule has 0 aromatic heterocycles. The van der Waals surface area contributed by atoms with Gasteiger partial charge in [0.2, 0.25) is 5.91 Å². The second-order valence-corrected chi connectivity index (χ2v) is 12.5. The molecule has 7 nitrogen and oxygen atoms in total. The van der Waals surface area contributed by atoms with Gasteiger partial charge in [-0.1, -0.05) is 78.7 Å². The molecule has 0 fully saturated rings. The predicted molar refractivity (Wildman–Crippen MR) is 195 cm³/mol. The Labute approximate surface area is 293 Å². The highest BCUT2D eigenvalue weighted by Crippen LogP contribution is 2.30. The van der Waals surface area contributed by atoms with Crippen molar-refractivity contribution in [3.8, 4) is 11.5 Å². The van der Waals surface area contributed by atoms with Crippen LogP contribution in [0.3, 0.4) is 0 Å². The second-order valence-electron chi connectivity index (χ2n) is 10.4. The molecule has 10 heteroatoms. The number of nitrogens with one attached hydrogen (secondary N) is 3. The van der Waals surface area contributed by atoms with Crippen molar-refractivity contribution in [2.24, 2.45) is 0 Å². The van der Waals surface area contributed by atoms with Crippen LogP contribution in [0.15, 0.2) is 138 Å². The molecule has 3 amide bonds. The van der Waals surface area contributed by atoms with Crippen LogP contribution < -0.4 is 20.7 Å². The summed E-state index contributed by atoms with van der Waals surface area (Å²) in [5.41, 5.74) is 1.83. The highest BCUT2D eigenvalue weighted by molar-refractivity contribution is 8.00. The highest BCUT2D eigenvalue weighted by atomic mass is 35.5. The molecule has 0 saturated carbocycles. The minimum atomic E-state index is -0.582. The van der Waals surface area contributed by atoms with Gasteiger partial charge in [0.05, 0.1) is 5.25 Å². The molecule has 3 N–H and O–H groups in total. The van der Waals surface area contributed by atoms with Gasteiger partial charge >= 0.3 is 0 Å². The van der Waals surface area contributed by atoms with Crippen LogP contribution in [0.4, 0.5) is 11.4 Å². The Morgan fingerprint density at radius 1 is 0.729 bits per heavy atom. The Bertz CT molecular complexity index is 1900. The minimum Gasteiger partial charge on any atom is -0.457 e. The van der Waals surface area contributed by atoms with E-state index in [9.17, 15) is 14.4 Å². The van der Waals surface area contributed by atoms with E-state index in [4.69, 9.17) is 27.9 Å². The standard InChI is InChI=1S/C38H31Cl2N3O4S/c1-2-35(38(46)41-26-19-21-29(22-20-26)47-28-14-7-4-8-15-28)48-30-16-9-13-27(23-30)42-37(45)34(24-31-32(39)17-10-18-33(31)40)43-36(44)25-11-5-3-6-12-25/h3-24,35H,2H2,1H3,(H,41,46)(H,42,45)(H,43,44)/b34-24+. The van der Waals surface area contributed by atoms with Crippen LogP contribution in [0.2, 0.25) is 10.0 Å². The summed E-state index contributed by atoms with van der Waals surface area (Å²) in [6, 6.07) is 37.3. The number of hydrogen-bond acceptors (Lipinski definition) is 5. The van der Waals surface area contributed by atoms with Crippen LogP contribution >= 0.6 is 35.0 Å². The van der Waals surface area contributed by atoms with Gasteiger partial charge in [0, 0.05) is 37.4 Å². The molecule has 0 radical (unpaired) electrons. The molecule has 0 aliphatic heterocycles. The largest absolute Gasteiger partial charge is 0.457 e. The SMILES string of the molecule is CCC(Sc1cccc(NC(=O)/C(=C\c2c(Cl)cccc2Cl)NC(=O)c2ccccc2)c1)C(=O)Nc1ccc(Oc2ccccc2)cc1. The van der Waals surface area contributed by atoms with Crippen molar-refractivity contribution in [2.75, 3.05) is 10.6 Å². The zero-order valence-corrected chi connectivity index (χ0v) is 28.1. The third kappa shape index (κ3) is 9.51. The summed E-state index contributed by atoms with van der Waals surface area (Å²) in [5, 5.41) is 8.75. The lowest BCUT2D eigenvalue weighted by atomic mass is 10.1. The van der Waals surface area contributed by atoms with Crippen molar-refractivity contribution in [1.29, 1.82) is 0 Å². The molecular weight excluding hydrogens is 665 g/mol. The van der Waals surface area contributed by atoms with Gasteiger partial charge in [-0.2, -0.15) is 0 Å². The normalized spacial score (nSPS) is 11.7. The Hall–Kier alpha value is -5.02. The summed E-state index contributed by atoms with van der Waals surface area (Å²) in [6.07, 6.45) is 2.01. The third-order valence-electron chi connectivity index (χ3n) is 6.95. The molecule has 5 rings (SSSR count). The van der Waals surface area contributed by atoms with E-state index in [1.807, 2.05) is 43.3 Å². The van der Waals surface area contributed by atoms with E-state index in [0.29, 0.717) is 44.7 Å². The third-order valence-corrected chi connectivity index (χ3v) is 8.97. The van der Waals surface area contributed by atoms with Crippen LogP contribution in [0.5, 0.6) is 11.5 Å². The molecule has 0 saturated heterocycles. The van der Waals surface area contributed by atoms with E-state index < -0.39 is 17.1 Å². The van der Waals surface area contributed by atoms with Crippen molar-refractivity contribution in [3.05, 3.63) is 154 Å². The molecular formula is C38H31Cl2N3O4S. The molecule has 0 heterocycles. The first-order chi connectivity index (χ1) is 23.3. The second kappa shape index (κ2) is 16.7. The topological polar surface area (TPSA) is 96.5 Å². The first-order valence-corrected chi connectivity index (χ1v) is 16.7. The predicted octanol–water partition coefficient (Wildman–Crippen LogP) is 9.70. The minimum absolute atomic E-state index is 0.0529. The monoisotopic (exact) mass is 695 g/mol. The van der Waals surface area contributed by atoms with E-state index in [0.717, 1.165) is 10.6 Å². The van der Waals surface area contributed by atoms with Gasteiger partial charge in [-0.3, -0.25) is 14.4 Å². The summed E-state index contributed by atoms with van der Waals surface area (Å²) in [4.78, 5) is 40.6. The summed E-state index contributed by atoms with van der Waals surface area (Å²) < 4.78 is 5.84. The fourth-order valence-electron chi connectivity index (χ4n) is 4.52. The lowest BCUT2D eigenvalue weighted by Crippen LogP contribution is -2.30. The molecule has 0 bridgehead atoms. The van der Waals surface area contributed by atoms with E-state index in [-0.39, 0.29) is 11.6 Å². The Kier molecular flexibility index (Phi) is 11.9. The Morgan fingerprint density at radius 2 is 1.35 bits per heavy atom. The van der Waals surface area contributed by atoms with Crippen molar-refractivity contribution < 1.29 is 19.1 Å². The molecule has 5 aromatic rings. The number of amides is 3. The number of halogens is 2. The molecule has 1 unspecified atom stereocenters. The quantitative estimate of drug-likeness (QED) is 0.0892. The van der Waals surface area contributed by atoms with Gasteiger partial charge in [0.1, 0.15) is 17.2 Å². The van der Waals surface area contributed by atoms with Crippen LogP contribution in [0.25, 0.3) is 6.08 Å². The zero-order chi connectivity index (χ0) is 33.9. The van der Waals surface area contributed by atoms with E-state index in [1.165, 1.54) is 17.8 Å². The number of anilines is 2. The number of thioether (sulfide) groups is 1. The Balaban J connectivity index is 1.27. The van der Waals surface area contributed by atoms with Crippen molar-refractivity contribution >= 4 is 70.1 Å². The van der Waals surface area contributed by atoms with Crippen LogP contribution in [-0.4, -0.2) is 23.0 Å². The smallest absolute Gasteiger partial charge is 0.272 e. The van der Waals surface area contributed by atoms with Crippen LogP contribution in [0.1, 0.15) is 29.3 Å². The maximum Gasteiger partial charge on any atom is 0.272 e. The lowest BCUT2D eigenvalue weighted by molar-refractivity contribution is -0.116. The fourth-order valence-corrected chi connectivity index (χ4v) is 6.04. The number of para-hydroxylation sites is 1. The van der Waals surface area contributed by atoms with E-state index in [2.05, 4.69) is 16.0 Å². The van der Waals surface area contributed by atoms with Gasteiger partial charge in [-0.25, -0.2) is 0 Å². The molecule has 0 aliphatic carbocycles. The number of hydrogen-bond donors (Lipinski definition) is 3.